The topological polar surface area (TPSA) is 47.0 Å². The van der Waals surface area contributed by atoms with Crippen LogP contribution in [0.4, 0.5) is 5.69 Å². The van der Waals surface area contributed by atoms with E-state index in [4.69, 9.17) is 11.6 Å². The minimum atomic E-state index is 0. The van der Waals surface area contributed by atoms with Crippen molar-refractivity contribution in [2.75, 3.05) is 11.9 Å². The monoisotopic (exact) mass is 170 g/mol. The number of rotatable bonds is 0. The van der Waals surface area contributed by atoms with Gasteiger partial charge >= 0.3 is 0 Å². The molecule has 1 heterocycles. The summed E-state index contributed by atoms with van der Waals surface area (Å²) in [5, 5.41) is 4.07. The molecule has 11 heavy (non-hydrogen) atoms. The highest BCUT2D eigenvalue weighted by Gasteiger charge is 2.08. The van der Waals surface area contributed by atoms with E-state index in [-0.39, 0.29) is 6.15 Å². The molecule has 1 aromatic carbocycles. The molecule has 0 saturated heterocycles. The molecule has 0 amide bonds. The Labute approximate surface area is 71.1 Å². The van der Waals surface area contributed by atoms with E-state index in [0.717, 1.165) is 18.0 Å². The molecule has 60 valence electrons. The Morgan fingerprint density at radius 2 is 2.18 bits per heavy atom. The van der Waals surface area contributed by atoms with E-state index in [1.54, 1.807) is 0 Å². The molecule has 1 aliphatic heterocycles. The van der Waals surface area contributed by atoms with E-state index in [0.29, 0.717) is 0 Å². The Bertz CT molecular complexity index is 260. The number of benzene rings is 1. The van der Waals surface area contributed by atoms with Gasteiger partial charge in [0.2, 0.25) is 0 Å². The van der Waals surface area contributed by atoms with Gasteiger partial charge in [-0.1, -0.05) is 17.7 Å². The molecule has 0 radical (unpaired) electrons. The first-order chi connectivity index (χ1) is 4.86. The highest BCUT2D eigenvalue weighted by molar-refractivity contribution is 6.30. The maximum absolute atomic E-state index is 5.78. The Morgan fingerprint density at radius 1 is 1.36 bits per heavy atom. The zero-order valence-corrected chi connectivity index (χ0v) is 6.99. The molecule has 0 aromatic heterocycles. The molecule has 1 aliphatic rings. The van der Waals surface area contributed by atoms with Crippen LogP contribution in [0, 0.1) is 0 Å². The van der Waals surface area contributed by atoms with Crippen molar-refractivity contribution in [2.24, 2.45) is 0 Å². The first-order valence-electron chi connectivity index (χ1n) is 3.38. The minimum Gasteiger partial charge on any atom is -0.384 e. The lowest BCUT2D eigenvalue weighted by molar-refractivity contribution is 1.11. The van der Waals surface area contributed by atoms with E-state index < -0.39 is 0 Å². The predicted molar refractivity (Wildman–Crippen MR) is 48.7 cm³/mol. The zero-order chi connectivity index (χ0) is 6.97. The summed E-state index contributed by atoms with van der Waals surface area (Å²) in [6, 6.07) is 5.99. The fourth-order valence-corrected chi connectivity index (χ4v) is 1.44. The van der Waals surface area contributed by atoms with Crippen molar-refractivity contribution in [3.8, 4) is 0 Å². The van der Waals surface area contributed by atoms with Crippen LogP contribution >= 0.6 is 11.6 Å². The van der Waals surface area contributed by atoms with Crippen LogP contribution in [0.25, 0.3) is 0 Å². The van der Waals surface area contributed by atoms with Gasteiger partial charge in [-0.2, -0.15) is 0 Å². The number of hydrogen-bond acceptors (Lipinski definition) is 2. The predicted octanol–water partition coefficient (Wildman–Crippen LogP) is 2.47. The molecule has 0 unspecified atom stereocenters. The van der Waals surface area contributed by atoms with Gasteiger partial charge in [0.15, 0.2) is 0 Å². The van der Waals surface area contributed by atoms with Crippen LogP contribution in [0.1, 0.15) is 5.56 Å². The lowest BCUT2D eigenvalue weighted by Crippen LogP contribution is -1.90. The summed E-state index contributed by atoms with van der Waals surface area (Å²) in [4.78, 5) is 0. The largest absolute Gasteiger partial charge is 0.384 e. The van der Waals surface area contributed by atoms with Gasteiger partial charge in [0, 0.05) is 17.3 Å². The van der Waals surface area contributed by atoms with Crippen LogP contribution in [0.5, 0.6) is 0 Å². The van der Waals surface area contributed by atoms with Gasteiger partial charge in [0.25, 0.3) is 0 Å². The molecule has 1 aromatic rings. The third kappa shape index (κ3) is 1.47. The maximum atomic E-state index is 5.78. The summed E-state index contributed by atoms with van der Waals surface area (Å²) in [6.07, 6.45) is 1.13. The summed E-state index contributed by atoms with van der Waals surface area (Å²) in [6.45, 7) is 1.05. The van der Waals surface area contributed by atoms with Crippen LogP contribution in [0.2, 0.25) is 5.02 Å². The third-order valence-corrected chi connectivity index (χ3v) is 2.02. The second-order valence-electron chi connectivity index (χ2n) is 2.48. The smallest absolute Gasteiger partial charge is 0.0426 e. The molecule has 0 saturated carbocycles. The normalized spacial score (nSPS) is 13.2. The van der Waals surface area contributed by atoms with Gasteiger partial charge in [-0.3, -0.25) is 0 Å². The van der Waals surface area contributed by atoms with Crippen LogP contribution in [-0.4, -0.2) is 6.54 Å². The van der Waals surface area contributed by atoms with E-state index in [1.807, 2.05) is 12.1 Å². The molecule has 2 nitrogen and oxygen atoms in total. The minimum absolute atomic E-state index is 0. The van der Waals surface area contributed by atoms with Crippen molar-refractivity contribution < 1.29 is 0 Å². The van der Waals surface area contributed by atoms with Crippen molar-refractivity contribution in [1.29, 1.82) is 0 Å². The average Bonchev–Trinajstić information content (AvgIpc) is 2.33. The molecule has 2 rings (SSSR count). The standard InChI is InChI=1S/C8H8ClN.H3N/c9-7-2-1-6-3-4-10-8(6)5-7;/h1-2,5,10H,3-4H2;1H3. The third-order valence-electron chi connectivity index (χ3n) is 1.78. The summed E-state index contributed by atoms with van der Waals surface area (Å²) >= 11 is 5.78. The molecule has 0 atom stereocenters. The fourth-order valence-electron chi connectivity index (χ4n) is 1.26. The van der Waals surface area contributed by atoms with Gasteiger partial charge in [-0.05, 0) is 24.1 Å². The van der Waals surface area contributed by atoms with Gasteiger partial charge in [0.05, 0.1) is 0 Å². The molecule has 4 N–H and O–H groups in total. The molecular formula is C8H11ClN2. The highest BCUT2D eigenvalue weighted by atomic mass is 35.5. The Hall–Kier alpha value is -0.730. The molecular weight excluding hydrogens is 160 g/mol. The summed E-state index contributed by atoms with van der Waals surface area (Å²) in [5.74, 6) is 0. The van der Waals surface area contributed by atoms with Crippen LogP contribution in [0.15, 0.2) is 18.2 Å². The average molecular weight is 171 g/mol. The Morgan fingerprint density at radius 3 is 3.00 bits per heavy atom. The van der Waals surface area contributed by atoms with Crippen LogP contribution in [-0.2, 0) is 6.42 Å². The van der Waals surface area contributed by atoms with Crippen molar-refractivity contribution in [2.45, 2.75) is 6.42 Å². The molecule has 0 bridgehead atoms. The van der Waals surface area contributed by atoms with Gasteiger partial charge in [-0.15, -0.1) is 0 Å². The second-order valence-corrected chi connectivity index (χ2v) is 2.91. The number of fused-ring (bicyclic) bond motifs is 1. The lowest BCUT2D eigenvalue weighted by atomic mass is 10.2. The van der Waals surface area contributed by atoms with Crippen LogP contribution < -0.4 is 11.5 Å². The zero-order valence-electron chi connectivity index (χ0n) is 6.23. The fraction of sp³-hybridized carbons (Fsp3) is 0.250. The van der Waals surface area contributed by atoms with Gasteiger partial charge in [0.1, 0.15) is 0 Å². The molecule has 0 fully saturated rings. The summed E-state index contributed by atoms with van der Waals surface area (Å²) < 4.78 is 0. The van der Waals surface area contributed by atoms with E-state index in [1.165, 1.54) is 11.3 Å². The van der Waals surface area contributed by atoms with Crippen LogP contribution in [0.3, 0.4) is 0 Å². The Balaban J connectivity index is 0.000000605. The van der Waals surface area contributed by atoms with E-state index >= 15 is 0 Å². The lowest BCUT2D eigenvalue weighted by Gasteiger charge is -1.97. The number of anilines is 1. The van der Waals surface area contributed by atoms with E-state index in [9.17, 15) is 0 Å². The summed E-state index contributed by atoms with van der Waals surface area (Å²) in [7, 11) is 0. The number of hydrogen-bond donors (Lipinski definition) is 2. The quantitative estimate of drug-likeness (QED) is 0.629. The molecule has 0 aliphatic carbocycles. The highest BCUT2D eigenvalue weighted by Crippen LogP contribution is 2.24. The first-order valence-corrected chi connectivity index (χ1v) is 3.76. The molecule has 0 spiro atoms. The van der Waals surface area contributed by atoms with Crippen molar-refractivity contribution >= 4 is 17.3 Å². The van der Waals surface area contributed by atoms with Crippen molar-refractivity contribution in [1.82, 2.24) is 6.15 Å². The molecule has 3 heteroatoms. The van der Waals surface area contributed by atoms with Gasteiger partial charge < -0.3 is 11.5 Å². The maximum Gasteiger partial charge on any atom is 0.0426 e. The second kappa shape index (κ2) is 3.11. The van der Waals surface area contributed by atoms with E-state index in [2.05, 4.69) is 11.4 Å². The summed E-state index contributed by atoms with van der Waals surface area (Å²) in [5.41, 5.74) is 2.58. The van der Waals surface area contributed by atoms with Crippen molar-refractivity contribution in [3.05, 3.63) is 28.8 Å². The Kier molecular flexibility index (Phi) is 2.37. The SMILES string of the molecule is Clc1ccc2c(c1)NCC2.N. The first kappa shape index (κ1) is 8.37. The van der Waals surface area contributed by atoms with Crippen molar-refractivity contribution in [3.63, 3.8) is 0 Å². The number of halogens is 1. The van der Waals surface area contributed by atoms with Gasteiger partial charge in [-0.25, -0.2) is 0 Å². The number of nitrogens with one attached hydrogen (secondary N) is 1.